The summed E-state index contributed by atoms with van der Waals surface area (Å²) >= 11 is 0. The first-order valence-corrected chi connectivity index (χ1v) is 12.8. The van der Waals surface area contributed by atoms with E-state index in [0.29, 0.717) is 40.6 Å². The maximum Gasteiger partial charge on any atom is 0.433 e. The summed E-state index contributed by atoms with van der Waals surface area (Å²) in [4.78, 5) is 20.6. The molecule has 1 unspecified atom stereocenters. The van der Waals surface area contributed by atoms with Crippen molar-refractivity contribution >= 4 is 26.9 Å². The summed E-state index contributed by atoms with van der Waals surface area (Å²) in [6, 6.07) is 12.9. The average molecular weight is 531 g/mol. The normalized spacial score (nSPS) is 16.8. The molecule has 0 spiro atoms. The Morgan fingerprint density at radius 2 is 1.92 bits per heavy atom. The second-order valence-corrected chi connectivity index (χ2v) is 10.4. The van der Waals surface area contributed by atoms with Crippen molar-refractivity contribution in [3.05, 3.63) is 78.2 Å². The molecule has 1 aliphatic rings. The Labute approximate surface area is 210 Å². The molecule has 8 nitrogen and oxygen atoms in total. The minimum absolute atomic E-state index is 0.0808. The van der Waals surface area contributed by atoms with Crippen LogP contribution < -0.4 is 5.32 Å². The molecule has 192 valence electrons. The van der Waals surface area contributed by atoms with E-state index in [1.807, 2.05) is 0 Å². The first-order valence-electron chi connectivity index (χ1n) is 11.4. The van der Waals surface area contributed by atoms with Crippen LogP contribution in [-0.2, 0) is 27.5 Å². The van der Waals surface area contributed by atoms with Gasteiger partial charge in [0.05, 0.1) is 5.69 Å². The second-order valence-electron chi connectivity index (χ2n) is 8.57. The van der Waals surface area contributed by atoms with Gasteiger partial charge in [0, 0.05) is 42.5 Å². The number of carbonyl (C=O) groups is 1. The van der Waals surface area contributed by atoms with Gasteiger partial charge in [0.25, 0.3) is 10.0 Å². The third-order valence-corrected chi connectivity index (χ3v) is 7.88. The first-order chi connectivity index (χ1) is 17.6. The molecule has 37 heavy (non-hydrogen) atoms. The Balaban J connectivity index is 1.28. The van der Waals surface area contributed by atoms with Gasteiger partial charge < -0.3 is 9.73 Å². The van der Waals surface area contributed by atoms with Crippen LogP contribution in [0.1, 0.15) is 24.1 Å². The summed E-state index contributed by atoms with van der Waals surface area (Å²) < 4.78 is 71.5. The van der Waals surface area contributed by atoms with Crippen LogP contribution in [0.15, 0.2) is 76.5 Å². The standard InChI is InChI=1S/C25H21F3N4O4S/c26-25(27,28)22-8-7-18(15-30-22)19-12-16(9-10-29-19)14-31-24(33)20-5-3-11-32(20)37(34,35)23-13-17-4-1-2-6-21(17)36-23/h1-2,4,6-10,12-13,15,20H,3,5,11,14H2,(H,31,33). The maximum absolute atomic E-state index is 13.2. The third-order valence-electron chi connectivity index (χ3n) is 6.11. The Kier molecular flexibility index (Phi) is 6.46. The molecule has 12 heteroatoms. The number of alkyl halides is 3. The summed E-state index contributed by atoms with van der Waals surface area (Å²) in [5.74, 6) is -0.452. The number of nitrogens with zero attached hydrogens (tertiary/aromatic N) is 3. The molecule has 1 aromatic carbocycles. The Bertz CT molecular complexity index is 1520. The van der Waals surface area contributed by atoms with Gasteiger partial charge in [-0.3, -0.25) is 14.8 Å². The lowest BCUT2D eigenvalue weighted by Gasteiger charge is -2.22. The van der Waals surface area contributed by atoms with E-state index >= 15 is 0 Å². The number of halogens is 3. The first kappa shape index (κ1) is 24.9. The highest BCUT2D eigenvalue weighted by molar-refractivity contribution is 7.89. The van der Waals surface area contributed by atoms with Crippen molar-refractivity contribution < 1.29 is 30.8 Å². The SMILES string of the molecule is O=C(NCc1ccnc(-c2ccc(C(F)(F)F)nc2)c1)C1CCCN1S(=O)(=O)c1cc2ccccc2o1. The molecule has 0 saturated carbocycles. The summed E-state index contributed by atoms with van der Waals surface area (Å²) in [6.45, 7) is 0.273. The molecule has 1 aliphatic heterocycles. The van der Waals surface area contributed by atoms with Gasteiger partial charge in [-0.05, 0) is 48.7 Å². The van der Waals surface area contributed by atoms with Crippen LogP contribution in [0.2, 0.25) is 0 Å². The number of nitrogens with one attached hydrogen (secondary N) is 1. The highest BCUT2D eigenvalue weighted by Gasteiger charge is 2.41. The van der Waals surface area contributed by atoms with Crippen LogP contribution in [0.3, 0.4) is 0 Å². The van der Waals surface area contributed by atoms with E-state index < -0.39 is 33.8 Å². The van der Waals surface area contributed by atoms with Crippen molar-refractivity contribution in [2.45, 2.75) is 36.7 Å². The van der Waals surface area contributed by atoms with E-state index in [4.69, 9.17) is 4.42 Å². The van der Waals surface area contributed by atoms with Crippen molar-refractivity contribution in [3.8, 4) is 11.3 Å². The number of benzene rings is 1. The zero-order valence-corrected chi connectivity index (χ0v) is 20.1. The molecule has 4 heterocycles. The van der Waals surface area contributed by atoms with E-state index in [9.17, 15) is 26.4 Å². The van der Waals surface area contributed by atoms with Crippen LogP contribution in [0.4, 0.5) is 13.2 Å². The number of amides is 1. The number of fused-ring (bicyclic) bond motifs is 1. The number of sulfonamides is 1. The molecule has 1 amide bonds. The van der Waals surface area contributed by atoms with Gasteiger partial charge >= 0.3 is 6.18 Å². The van der Waals surface area contributed by atoms with Gasteiger partial charge in [0.1, 0.15) is 17.3 Å². The van der Waals surface area contributed by atoms with E-state index in [1.54, 1.807) is 36.4 Å². The fourth-order valence-electron chi connectivity index (χ4n) is 4.25. The number of hydrogen-bond acceptors (Lipinski definition) is 6. The van der Waals surface area contributed by atoms with Gasteiger partial charge in [-0.25, -0.2) is 8.42 Å². The topological polar surface area (TPSA) is 105 Å². The van der Waals surface area contributed by atoms with Crippen molar-refractivity contribution in [1.82, 2.24) is 19.6 Å². The van der Waals surface area contributed by atoms with E-state index in [0.717, 1.165) is 16.6 Å². The Morgan fingerprint density at radius 3 is 2.65 bits per heavy atom. The van der Waals surface area contributed by atoms with Crippen LogP contribution in [0.5, 0.6) is 0 Å². The highest BCUT2D eigenvalue weighted by atomic mass is 32.2. The zero-order valence-electron chi connectivity index (χ0n) is 19.3. The highest BCUT2D eigenvalue weighted by Crippen LogP contribution is 2.31. The van der Waals surface area contributed by atoms with Crippen LogP contribution in [0.25, 0.3) is 22.2 Å². The minimum Gasteiger partial charge on any atom is -0.443 e. The molecule has 4 aromatic rings. The van der Waals surface area contributed by atoms with Gasteiger partial charge in [-0.15, -0.1) is 0 Å². The van der Waals surface area contributed by atoms with Crippen molar-refractivity contribution in [3.63, 3.8) is 0 Å². The van der Waals surface area contributed by atoms with Crippen LogP contribution in [-0.4, -0.2) is 41.2 Å². The molecule has 0 bridgehead atoms. The maximum atomic E-state index is 13.2. The Morgan fingerprint density at radius 1 is 1.11 bits per heavy atom. The fraction of sp³-hybridized carbons (Fsp3) is 0.240. The quantitative estimate of drug-likeness (QED) is 0.397. The number of aromatic nitrogens is 2. The lowest BCUT2D eigenvalue weighted by atomic mass is 10.1. The number of rotatable bonds is 6. The third kappa shape index (κ3) is 5.07. The predicted molar refractivity (Wildman–Crippen MR) is 127 cm³/mol. The van der Waals surface area contributed by atoms with Crippen molar-refractivity contribution in [1.29, 1.82) is 0 Å². The van der Waals surface area contributed by atoms with Crippen molar-refractivity contribution in [2.24, 2.45) is 0 Å². The molecular weight excluding hydrogens is 509 g/mol. The van der Waals surface area contributed by atoms with E-state index in [1.165, 1.54) is 18.3 Å². The van der Waals surface area contributed by atoms with Crippen LogP contribution in [0, 0.1) is 0 Å². The molecule has 0 aliphatic carbocycles. The summed E-state index contributed by atoms with van der Waals surface area (Å²) in [6.07, 6.45) is -1.08. The molecule has 5 rings (SSSR count). The van der Waals surface area contributed by atoms with E-state index in [-0.39, 0.29) is 18.2 Å². The lowest BCUT2D eigenvalue weighted by molar-refractivity contribution is -0.141. The number of furan rings is 1. The lowest BCUT2D eigenvalue weighted by Crippen LogP contribution is -2.45. The number of pyridine rings is 2. The summed E-state index contributed by atoms with van der Waals surface area (Å²) in [5, 5.41) is 3.20. The van der Waals surface area contributed by atoms with Gasteiger partial charge in [0.15, 0.2) is 0 Å². The summed E-state index contributed by atoms with van der Waals surface area (Å²) in [5.41, 5.74) is 0.863. The number of carbonyl (C=O) groups excluding carboxylic acids is 1. The van der Waals surface area contributed by atoms with Gasteiger partial charge in [-0.1, -0.05) is 18.2 Å². The molecule has 3 aromatic heterocycles. The van der Waals surface area contributed by atoms with Gasteiger partial charge in [-0.2, -0.15) is 17.5 Å². The molecule has 1 saturated heterocycles. The molecular formula is C25H21F3N4O4S. The smallest absolute Gasteiger partial charge is 0.433 e. The van der Waals surface area contributed by atoms with Crippen LogP contribution >= 0.6 is 0 Å². The predicted octanol–water partition coefficient (Wildman–Crippen LogP) is 4.38. The molecule has 1 N–H and O–H groups in total. The molecule has 1 fully saturated rings. The number of hydrogen-bond donors (Lipinski definition) is 1. The van der Waals surface area contributed by atoms with E-state index in [2.05, 4.69) is 15.3 Å². The monoisotopic (exact) mass is 530 g/mol. The average Bonchev–Trinajstić information content (AvgIpc) is 3.55. The summed E-state index contributed by atoms with van der Waals surface area (Å²) in [7, 11) is -4.03. The zero-order chi connectivity index (χ0) is 26.2. The molecule has 0 radical (unpaired) electrons. The molecule has 1 atom stereocenters. The Hall–Kier alpha value is -3.77. The second kappa shape index (κ2) is 9.60. The van der Waals surface area contributed by atoms with Crippen molar-refractivity contribution in [2.75, 3.05) is 6.54 Å². The number of para-hydroxylation sites is 1. The van der Waals surface area contributed by atoms with Gasteiger partial charge in [0.2, 0.25) is 11.0 Å². The minimum atomic E-state index is -4.54. The fourth-order valence-corrected chi connectivity index (χ4v) is 5.86. The largest absolute Gasteiger partial charge is 0.443 e.